The first-order valence-electron chi connectivity index (χ1n) is 12.7. The summed E-state index contributed by atoms with van der Waals surface area (Å²) in [6.45, 7) is 4.92. The number of β-amino-alcohol motifs (C(OH)–C–C–N with tert-alkyl or cyclic N) is 1. The SMILES string of the molecule is Cc1c(OCc2cn[nH]c2)ccc2c1CCN(CC(O)CNC(=O)c1ccnc(NC3CCC3)c1)C2. The van der Waals surface area contributed by atoms with Crippen molar-refractivity contribution in [3.8, 4) is 5.75 Å². The standard InChI is InChI=1S/C27H34N6O3/c1-18-24-8-10-33(15-21(24)5-6-25(18)36-17-19-12-30-31-13-19)16-23(34)14-29-27(35)20-7-9-28-26(11-20)32-22-3-2-4-22/h5-7,9,11-13,22-23,34H,2-4,8,10,14-17H2,1H3,(H,28,32)(H,29,35)(H,30,31). The van der Waals surface area contributed by atoms with Gasteiger partial charge < -0.3 is 20.5 Å². The number of aromatic nitrogens is 3. The van der Waals surface area contributed by atoms with Gasteiger partial charge in [0, 0.05) is 55.7 Å². The van der Waals surface area contributed by atoms with Gasteiger partial charge in [-0.1, -0.05) is 6.07 Å². The number of aliphatic hydroxyl groups is 1. The van der Waals surface area contributed by atoms with Crippen LogP contribution < -0.4 is 15.4 Å². The molecule has 1 amide bonds. The molecule has 0 saturated heterocycles. The highest BCUT2D eigenvalue weighted by atomic mass is 16.5. The molecule has 1 aromatic carbocycles. The third-order valence-corrected chi connectivity index (χ3v) is 7.11. The summed E-state index contributed by atoms with van der Waals surface area (Å²) >= 11 is 0. The van der Waals surface area contributed by atoms with Crippen molar-refractivity contribution in [2.45, 2.75) is 57.9 Å². The lowest BCUT2D eigenvalue weighted by Gasteiger charge is -2.31. The Balaban J connectivity index is 1.10. The largest absolute Gasteiger partial charge is 0.489 e. The fourth-order valence-electron chi connectivity index (χ4n) is 4.79. The zero-order valence-electron chi connectivity index (χ0n) is 20.7. The molecule has 9 nitrogen and oxygen atoms in total. The van der Waals surface area contributed by atoms with Crippen LogP contribution >= 0.6 is 0 Å². The smallest absolute Gasteiger partial charge is 0.251 e. The summed E-state index contributed by atoms with van der Waals surface area (Å²) in [7, 11) is 0. The van der Waals surface area contributed by atoms with Crippen LogP contribution in [0.25, 0.3) is 0 Å². The average Bonchev–Trinajstić information content (AvgIpc) is 3.38. The molecular weight excluding hydrogens is 456 g/mol. The summed E-state index contributed by atoms with van der Waals surface area (Å²) in [5, 5.41) is 23.6. The molecule has 0 bridgehead atoms. The Bertz CT molecular complexity index is 1180. The Morgan fingerprint density at radius 1 is 1.33 bits per heavy atom. The van der Waals surface area contributed by atoms with E-state index in [2.05, 4.69) is 43.7 Å². The van der Waals surface area contributed by atoms with Crippen molar-refractivity contribution in [3.05, 3.63) is 70.7 Å². The van der Waals surface area contributed by atoms with E-state index in [4.69, 9.17) is 4.74 Å². The molecule has 9 heteroatoms. The van der Waals surface area contributed by atoms with Gasteiger partial charge in [-0.25, -0.2) is 4.98 Å². The van der Waals surface area contributed by atoms with Crippen molar-refractivity contribution in [3.63, 3.8) is 0 Å². The second-order valence-corrected chi connectivity index (χ2v) is 9.77. The van der Waals surface area contributed by atoms with E-state index >= 15 is 0 Å². The lowest BCUT2D eigenvalue weighted by atomic mass is 9.93. The molecule has 5 rings (SSSR count). The Hall–Kier alpha value is -3.43. The van der Waals surface area contributed by atoms with Crippen molar-refractivity contribution in [1.82, 2.24) is 25.4 Å². The molecule has 3 aromatic rings. The Labute approximate surface area is 211 Å². The number of hydrogen-bond donors (Lipinski definition) is 4. The van der Waals surface area contributed by atoms with Crippen LogP contribution in [-0.4, -0.2) is 62.9 Å². The summed E-state index contributed by atoms with van der Waals surface area (Å²) in [6.07, 6.45) is 9.02. The number of nitrogens with one attached hydrogen (secondary N) is 3. The third kappa shape index (κ3) is 5.85. The van der Waals surface area contributed by atoms with Gasteiger partial charge in [-0.2, -0.15) is 5.10 Å². The molecule has 190 valence electrons. The molecule has 2 aliphatic rings. The molecule has 2 aromatic heterocycles. The van der Waals surface area contributed by atoms with E-state index in [0.29, 0.717) is 24.8 Å². The molecule has 1 atom stereocenters. The topological polar surface area (TPSA) is 115 Å². The number of aromatic amines is 1. The zero-order valence-corrected chi connectivity index (χ0v) is 20.7. The second kappa shape index (κ2) is 11.1. The number of aliphatic hydroxyl groups excluding tert-OH is 1. The van der Waals surface area contributed by atoms with Gasteiger partial charge in [-0.3, -0.25) is 14.8 Å². The Morgan fingerprint density at radius 2 is 2.22 bits per heavy atom. The number of fused-ring (bicyclic) bond motifs is 1. The van der Waals surface area contributed by atoms with Crippen LogP contribution in [-0.2, 0) is 19.6 Å². The maximum absolute atomic E-state index is 12.6. The van der Waals surface area contributed by atoms with E-state index in [1.165, 1.54) is 23.1 Å². The number of carbonyl (C=O) groups excluding carboxylic acids is 1. The zero-order chi connectivity index (χ0) is 24.9. The minimum Gasteiger partial charge on any atom is -0.489 e. The van der Waals surface area contributed by atoms with Crippen molar-refractivity contribution in [2.24, 2.45) is 0 Å². The van der Waals surface area contributed by atoms with E-state index in [-0.39, 0.29) is 12.5 Å². The van der Waals surface area contributed by atoms with Gasteiger partial charge in [0.2, 0.25) is 0 Å². The number of carbonyl (C=O) groups is 1. The van der Waals surface area contributed by atoms with Crippen molar-refractivity contribution < 1.29 is 14.6 Å². The van der Waals surface area contributed by atoms with Crippen molar-refractivity contribution in [2.75, 3.05) is 25.0 Å². The highest BCUT2D eigenvalue weighted by molar-refractivity contribution is 5.94. The number of anilines is 1. The van der Waals surface area contributed by atoms with Crippen molar-refractivity contribution >= 4 is 11.7 Å². The van der Waals surface area contributed by atoms with Crippen LogP contribution in [0.15, 0.2) is 42.9 Å². The fraction of sp³-hybridized carbons (Fsp3) is 0.444. The maximum atomic E-state index is 12.6. The summed E-state index contributed by atoms with van der Waals surface area (Å²) in [6, 6.07) is 8.07. The van der Waals surface area contributed by atoms with E-state index < -0.39 is 6.10 Å². The molecule has 1 aliphatic heterocycles. The van der Waals surface area contributed by atoms with Crippen LogP contribution in [0, 0.1) is 6.92 Å². The van der Waals surface area contributed by atoms with E-state index in [9.17, 15) is 9.90 Å². The Kier molecular flexibility index (Phi) is 7.48. The number of amides is 1. The molecule has 1 fully saturated rings. The van der Waals surface area contributed by atoms with E-state index in [1.807, 2.05) is 12.3 Å². The molecule has 4 N–H and O–H groups in total. The first-order valence-corrected chi connectivity index (χ1v) is 12.7. The monoisotopic (exact) mass is 490 g/mol. The predicted molar refractivity (Wildman–Crippen MR) is 137 cm³/mol. The van der Waals surface area contributed by atoms with Gasteiger partial charge in [-0.05, 0) is 67.5 Å². The lowest BCUT2D eigenvalue weighted by Crippen LogP contribution is -2.42. The van der Waals surface area contributed by atoms with Gasteiger partial charge in [0.1, 0.15) is 18.2 Å². The molecule has 3 heterocycles. The molecule has 1 unspecified atom stereocenters. The number of benzene rings is 1. The highest BCUT2D eigenvalue weighted by Crippen LogP contribution is 2.30. The maximum Gasteiger partial charge on any atom is 0.251 e. The van der Waals surface area contributed by atoms with Crippen LogP contribution in [0.2, 0.25) is 0 Å². The molecular formula is C27H34N6O3. The number of rotatable bonds is 10. The molecule has 1 aliphatic carbocycles. The average molecular weight is 491 g/mol. The van der Waals surface area contributed by atoms with Gasteiger partial charge in [0.25, 0.3) is 5.91 Å². The number of pyridine rings is 1. The lowest BCUT2D eigenvalue weighted by molar-refractivity contribution is 0.0841. The quantitative estimate of drug-likeness (QED) is 0.345. The molecule has 0 spiro atoms. The minimum absolute atomic E-state index is 0.198. The highest BCUT2D eigenvalue weighted by Gasteiger charge is 2.22. The van der Waals surface area contributed by atoms with Gasteiger partial charge in [0.15, 0.2) is 0 Å². The summed E-state index contributed by atoms with van der Waals surface area (Å²) in [4.78, 5) is 19.2. The number of ether oxygens (including phenoxy) is 1. The normalized spacial score (nSPS) is 16.6. The van der Waals surface area contributed by atoms with E-state index in [1.54, 1.807) is 24.5 Å². The molecule has 1 saturated carbocycles. The van der Waals surface area contributed by atoms with Gasteiger partial charge in [0.05, 0.1) is 12.3 Å². The van der Waals surface area contributed by atoms with E-state index in [0.717, 1.165) is 49.5 Å². The van der Waals surface area contributed by atoms with Gasteiger partial charge in [-0.15, -0.1) is 0 Å². The predicted octanol–water partition coefficient (Wildman–Crippen LogP) is 2.81. The molecule has 0 radical (unpaired) electrons. The summed E-state index contributed by atoms with van der Waals surface area (Å²) in [5.41, 5.74) is 5.31. The second-order valence-electron chi connectivity index (χ2n) is 9.77. The summed E-state index contributed by atoms with van der Waals surface area (Å²) < 4.78 is 6.00. The van der Waals surface area contributed by atoms with Gasteiger partial charge >= 0.3 is 0 Å². The fourth-order valence-corrected chi connectivity index (χ4v) is 4.79. The van der Waals surface area contributed by atoms with Crippen LogP contribution in [0.3, 0.4) is 0 Å². The van der Waals surface area contributed by atoms with Crippen LogP contribution in [0.5, 0.6) is 5.75 Å². The first-order chi connectivity index (χ1) is 17.5. The number of H-pyrrole nitrogens is 1. The third-order valence-electron chi connectivity index (χ3n) is 7.11. The van der Waals surface area contributed by atoms with Crippen LogP contribution in [0.1, 0.15) is 51.9 Å². The minimum atomic E-state index is -0.649. The number of nitrogens with zero attached hydrogens (tertiary/aromatic N) is 3. The molecule has 36 heavy (non-hydrogen) atoms. The Morgan fingerprint density at radius 3 is 3.00 bits per heavy atom. The number of hydrogen-bond acceptors (Lipinski definition) is 7. The first kappa shape index (κ1) is 24.3. The van der Waals surface area contributed by atoms with Crippen LogP contribution in [0.4, 0.5) is 5.82 Å². The van der Waals surface area contributed by atoms with Crippen molar-refractivity contribution in [1.29, 1.82) is 0 Å². The summed E-state index contributed by atoms with van der Waals surface area (Å²) in [5.74, 6) is 1.43.